The lowest BCUT2D eigenvalue weighted by Crippen LogP contribution is -2.05. The molecule has 0 heterocycles. The molecule has 0 radical (unpaired) electrons. The number of ether oxygens (including phenoxy) is 2. The molecular formula is C28H26O7. The maximum Gasteiger partial charge on any atom is 0.338 e. The number of benzene rings is 4. The summed E-state index contributed by atoms with van der Waals surface area (Å²) >= 11 is 0. The highest BCUT2D eigenvalue weighted by molar-refractivity contribution is 6.13. The van der Waals surface area contributed by atoms with Crippen molar-refractivity contribution in [3.8, 4) is 0 Å². The largest absolute Gasteiger partial charge is 0.478 e. The van der Waals surface area contributed by atoms with E-state index in [4.69, 9.17) is 9.84 Å². The van der Waals surface area contributed by atoms with Crippen LogP contribution in [-0.4, -0.2) is 43.0 Å². The Labute approximate surface area is 202 Å². The Hall–Kier alpha value is -4.52. The normalized spacial score (nSPS) is 9.91. The van der Waals surface area contributed by atoms with Gasteiger partial charge in [0.15, 0.2) is 5.78 Å². The van der Waals surface area contributed by atoms with E-state index in [2.05, 4.69) is 4.74 Å². The fraction of sp³-hybridized carbons (Fsp3) is 0.143. The van der Waals surface area contributed by atoms with Gasteiger partial charge in [0.1, 0.15) is 0 Å². The van der Waals surface area contributed by atoms with Crippen molar-refractivity contribution in [3.05, 3.63) is 95.1 Å². The summed E-state index contributed by atoms with van der Waals surface area (Å²) < 4.78 is 9.38. The third-order valence-electron chi connectivity index (χ3n) is 5.27. The number of aromatic carboxylic acids is 1. The highest BCUT2D eigenvalue weighted by Gasteiger charge is 2.15. The van der Waals surface area contributed by atoms with E-state index >= 15 is 0 Å². The Morgan fingerprint density at radius 1 is 0.571 bits per heavy atom. The number of carbonyl (C=O) groups is 4. The van der Waals surface area contributed by atoms with Crippen LogP contribution >= 0.6 is 0 Å². The van der Waals surface area contributed by atoms with Crippen LogP contribution < -0.4 is 0 Å². The van der Waals surface area contributed by atoms with Crippen molar-refractivity contribution in [2.75, 3.05) is 14.2 Å². The number of carboxylic acid groups (broad SMARTS) is 1. The zero-order chi connectivity index (χ0) is 24.8. The van der Waals surface area contributed by atoms with Crippen molar-refractivity contribution in [2.45, 2.75) is 14.4 Å². The zero-order valence-electron chi connectivity index (χ0n) is 18.8. The van der Waals surface area contributed by atoms with Crippen LogP contribution in [0.3, 0.4) is 0 Å². The fourth-order valence-electron chi connectivity index (χ4n) is 3.67. The molecule has 7 nitrogen and oxygen atoms in total. The van der Waals surface area contributed by atoms with E-state index < -0.39 is 17.9 Å². The predicted molar refractivity (Wildman–Crippen MR) is 134 cm³/mol. The number of methoxy groups -OCH3 is 2. The molecule has 0 atom stereocenters. The molecule has 7 heteroatoms. The molecule has 0 fully saturated rings. The van der Waals surface area contributed by atoms with Gasteiger partial charge in [-0.2, -0.15) is 0 Å². The van der Waals surface area contributed by atoms with Gasteiger partial charge in [0.2, 0.25) is 0 Å². The third-order valence-corrected chi connectivity index (χ3v) is 5.27. The first-order valence-electron chi connectivity index (χ1n) is 10.2. The second-order valence-corrected chi connectivity index (χ2v) is 7.26. The van der Waals surface area contributed by atoms with E-state index in [0.717, 1.165) is 10.8 Å². The van der Waals surface area contributed by atoms with E-state index in [-0.39, 0.29) is 18.8 Å². The molecule has 35 heavy (non-hydrogen) atoms. The molecule has 0 saturated heterocycles. The van der Waals surface area contributed by atoms with Crippen molar-refractivity contribution in [1.29, 1.82) is 0 Å². The van der Waals surface area contributed by atoms with Gasteiger partial charge in [-0.3, -0.25) is 4.79 Å². The first-order valence-corrected chi connectivity index (χ1v) is 10.2. The highest BCUT2D eigenvalue weighted by atomic mass is 16.5. The van der Waals surface area contributed by atoms with Crippen molar-refractivity contribution in [1.82, 2.24) is 0 Å². The molecule has 180 valence electrons. The zero-order valence-corrected chi connectivity index (χ0v) is 18.8. The molecule has 1 N–H and O–H groups in total. The van der Waals surface area contributed by atoms with Crippen molar-refractivity contribution >= 4 is 45.2 Å². The lowest BCUT2D eigenvalue weighted by molar-refractivity contribution is 0.0594. The highest BCUT2D eigenvalue weighted by Crippen LogP contribution is 2.24. The molecule has 0 bridgehead atoms. The Balaban J connectivity index is 0.000000240. The first-order chi connectivity index (χ1) is 16.3. The monoisotopic (exact) mass is 474 g/mol. The maximum absolute atomic E-state index is 11.6. The van der Waals surface area contributed by atoms with Crippen molar-refractivity contribution in [3.63, 3.8) is 0 Å². The van der Waals surface area contributed by atoms with Crippen LogP contribution in [0.4, 0.5) is 0 Å². The second-order valence-electron chi connectivity index (χ2n) is 7.26. The third kappa shape index (κ3) is 5.52. The molecule has 0 saturated carbocycles. The number of carbonyl (C=O) groups excluding carboxylic acids is 3. The van der Waals surface area contributed by atoms with Crippen LogP contribution in [0, 0.1) is 0 Å². The topological polar surface area (TPSA) is 107 Å². The summed E-state index contributed by atoms with van der Waals surface area (Å²) in [5.74, 6) is -1.90. The summed E-state index contributed by atoms with van der Waals surface area (Å²) in [6.07, 6.45) is 0. The number of hydrogen-bond acceptors (Lipinski definition) is 6. The summed E-state index contributed by atoms with van der Waals surface area (Å²) in [6, 6.07) is 20.4. The Morgan fingerprint density at radius 2 is 0.886 bits per heavy atom. The molecule has 0 aromatic heterocycles. The minimum atomic E-state index is -1.02. The van der Waals surface area contributed by atoms with E-state index in [1.165, 1.54) is 33.3 Å². The average molecular weight is 475 g/mol. The summed E-state index contributed by atoms with van der Waals surface area (Å²) in [5.41, 5.74) is 1.64. The van der Waals surface area contributed by atoms with E-state index in [1.807, 2.05) is 24.3 Å². The lowest BCUT2D eigenvalue weighted by Gasteiger charge is -2.07. The van der Waals surface area contributed by atoms with Gasteiger partial charge in [-0.25, -0.2) is 14.4 Å². The number of Topliss-reactive ketones (excluding diaryl/α,β-unsaturated/α-hetero) is 1. The average Bonchev–Trinajstić information content (AvgIpc) is 2.86. The predicted octanol–water partition coefficient (Wildman–Crippen LogP) is 5.79. The van der Waals surface area contributed by atoms with Crippen LogP contribution in [0.15, 0.2) is 72.8 Å². The summed E-state index contributed by atoms with van der Waals surface area (Å²) in [6.45, 7) is 1.51. The van der Waals surface area contributed by atoms with Crippen LogP contribution in [0.2, 0.25) is 0 Å². The first kappa shape index (κ1) is 26.7. The van der Waals surface area contributed by atoms with Gasteiger partial charge in [0.25, 0.3) is 0 Å². The quantitative estimate of drug-likeness (QED) is 0.295. The van der Waals surface area contributed by atoms with Gasteiger partial charge in [0.05, 0.1) is 30.9 Å². The molecule has 4 aromatic rings. The lowest BCUT2D eigenvalue weighted by atomic mass is 9.98. The van der Waals surface area contributed by atoms with Crippen LogP contribution in [-0.2, 0) is 9.47 Å². The number of hydrogen-bond donors (Lipinski definition) is 1. The van der Waals surface area contributed by atoms with E-state index in [9.17, 15) is 19.2 Å². The molecule has 0 unspecified atom stereocenters. The summed E-state index contributed by atoms with van der Waals surface area (Å²) in [4.78, 5) is 45.7. The maximum atomic E-state index is 11.6. The Morgan fingerprint density at radius 3 is 1.23 bits per heavy atom. The molecule has 4 rings (SSSR count). The number of fused-ring (bicyclic) bond motifs is 2. The number of rotatable bonds is 4. The minimum absolute atomic E-state index is 0. The molecule has 0 aliphatic rings. The number of ketones is 1. The minimum Gasteiger partial charge on any atom is -0.478 e. The SMILES string of the molecule is C.COC(=O)c1ccc(C(=O)O)c2ccccc12.COC(=O)c1ccc(C(C)=O)c2ccccc12. The number of carboxylic acids is 1. The van der Waals surface area contributed by atoms with Gasteiger partial charge in [-0.05, 0) is 52.7 Å². The van der Waals surface area contributed by atoms with Gasteiger partial charge in [0, 0.05) is 5.56 Å². The molecular weight excluding hydrogens is 448 g/mol. The Bertz CT molecular complexity index is 1310. The smallest absolute Gasteiger partial charge is 0.338 e. The van der Waals surface area contributed by atoms with Gasteiger partial charge < -0.3 is 14.6 Å². The molecule has 0 amide bonds. The van der Waals surface area contributed by atoms with E-state index in [0.29, 0.717) is 27.5 Å². The molecule has 0 aliphatic heterocycles. The second kappa shape index (κ2) is 11.6. The van der Waals surface area contributed by atoms with Gasteiger partial charge in [-0.1, -0.05) is 56.0 Å². The number of esters is 2. The van der Waals surface area contributed by atoms with Gasteiger partial charge >= 0.3 is 17.9 Å². The molecule has 0 spiro atoms. The van der Waals surface area contributed by atoms with Gasteiger partial charge in [-0.15, -0.1) is 0 Å². The van der Waals surface area contributed by atoms with Crippen LogP contribution in [0.25, 0.3) is 21.5 Å². The standard InChI is InChI=1S/C14H12O3.C13H10O4.CH4/c1-9(15)10-7-8-13(14(16)17-2)12-6-4-3-5-11(10)12;1-17-13(16)11-7-6-10(12(14)15)8-4-2-3-5-9(8)11;/h3-8H,1-2H3;2-7H,1H3,(H,14,15);1H4. The molecule has 0 aliphatic carbocycles. The summed E-state index contributed by atoms with van der Waals surface area (Å²) in [5, 5.41) is 11.7. The summed E-state index contributed by atoms with van der Waals surface area (Å²) in [7, 11) is 2.64. The van der Waals surface area contributed by atoms with Crippen LogP contribution in [0.5, 0.6) is 0 Å². The molecule has 4 aromatic carbocycles. The Kier molecular flexibility index (Phi) is 8.83. The van der Waals surface area contributed by atoms with Crippen molar-refractivity contribution in [2.24, 2.45) is 0 Å². The fourth-order valence-corrected chi connectivity index (χ4v) is 3.67. The van der Waals surface area contributed by atoms with Crippen LogP contribution in [0.1, 0.15) is 55.8 Å². The van der Waals surface area contributed by atoms with Crippen molar-refractivity contribution < 1.29 is 33.8 Å². The van der Waals surface area contributed by atoms with E-state index in [1.54, 1.807) is 36.4 Å².